The van der Waals surface area contributed by atoms with Gasteiger partial charge in [-0.3, -0.25) is 0 Å². The molecule has 3 aromatic rings. The van der Waals surface area contributed by atoms with Crippen LogP contribution in [0.15, 0.2) is 71.4 Å². The number of carbonyl (C=O) groups is 2. The maximum absolute atomic E-state index is 12.5. The molecular formula is C25H17ClINO5. The van der Waals surface area contributed by atoms with Crippen molar-refractivity contribution in [2.24, 2.45) is 4.99 Å². The summed E-state index contributed by atoms with van der Waals surface area (Å²) in [6.07, 6.45) is 1.60. The fourth-order valence-electron chi connectivity index (χ4n) is 3.15. The summed E-state index contributed by atoms with van der Waals surface area (Å²) in [5, 5.41) is 0.523. The second kappa shape index (κ2) is 9.76. The van der Waals surface area contributed by atoms with E-state index in [0.29, 0.717) is 25.5 Å². The fraction of sp³-hybridized carbons (Fsp3) is 0.0800. The van der Waals surface area contributed by atoms with E-state index in [0.717, 1.165) is 11.1 Å². The lowest BCUT2D eigenvalue weighted by Crippen LogP contribution is -2.10. The van der Waals surface area contributed by atoms with Crippen LogP contribution in [0.5, 0.6) is 11.5 Å². The number of carbonyl (C=O) groups excluding carboxylic acids is 2. The number of methoxy groups -OCH3 is 1. The lowest BCUT2D eigenvalue weighted by Gasteiger charge is -2.12. The second-order valence-electron chi connectivity index (χ2n) is 7.08. The van der Waals surface area contributed by atoms with Crippen LogP contribution in [0.4, 0.5) is 0 Å². The van der Waals surface area contributed by atoms with Gasteiger partial charge in [-0.15, -0.1) is 0 Å². The summed E-state index contributed by atoms with van der Waals surface area (Å²) in [5.74, 6) is -0.204. The fourth-order valence-corrected chi connectivity index (χ4v) is 4.02. The monoisotopic (exact) mass is 573 g/mol. The Bertz CT molecular complexity index is 1310. The molecule has 4 rings (SSSR count). The van der Waals surface area contributed by atoms with E-state index >= 15 is 0 Å². The van der Waals surface area contributed by atoms with E-state index < -0.39 is 11.9 Å². The van der Waals surface area contributed by atoms with Gasteiger partial charge < -0.3 is 14.2 Å². The van der Waals surface area contributed by atoms with Crippen molar-refractivity contribution in [3.8, 4) is 11.5 Å². The van der Waals surface area contributed by atoms with Crippen molar-refractivity contribution < 1.29 is 23.8 Å². The molecule has 0 aromatic heterocycles. The van der Waals surface area contributed by atoms with Gasteiger partial charge in [0, 0.05) is 10.6 Å². The number of rotatable bonds is 5. The largest absolute Gasteiger partial charge is 0.493 e. The van der Waals surface area contributed by atoms with Crippen molar-refractivity contribution in [2.75, 3.05) is 7.11 Å². The summed E-state index contributed by atoms with van der Waals surface area (Å²) >= 11 is 7.92. The summed E-state index contributed by atoms with van der Waals surface area (Å²) in [5.41, 5.74) is 2.87. The minimum atomic E-state index is -0.541. The third-order valence-electron chi connectivity index (χ3n) is 4.83. The minimum Gasteiger partial charge on any atom is -0.493 e. The van der Waals surface area contributed by atoms with Crippen LogP contribution < -0.4 is 9.47 Å². The molecule has 0 saturated carbocycles. The molecule has 0 saturated heterocycles. The van der Waals surface area contributed by atoms with Gasteiger partial charge in [-0.2, -0.15) is 0 Å². The van der Waals surface area contributed by atoms with Crippen molar-refractivity contribution in [2.45, 2.75) is 6.92 Å². The first-order valence-corrected chi connectivity index (χ1v) is 11.2. The third-order valence-corrected chi connectivity index (χ3v) is 5.88. The molecule has 0 aliphatic carbocycles. The predicted molar refractivity (Wildman–Crippen MR) is 134 cm³/mol. The number of aryl methyl sites for hydroxylation is 1. The molecule has 1 aliphatic heterocycles. The number of hydrogen-bond donors (Lipinski definition) is 0. The molecule has 6 nitrogen and oxygen atoms in total. The number of nitrogens with zero attached hydrogens (tertiary/aromatic N) is 1. The minimum absolute atomic E-state index is 0.164. The zero-order chi connectivity index (χ0) is 23.5. The number of esters is 2. The lowest BCUT2D eigenvalue weighted by atomic mass is 10.1. The Morgan fingerprint density at radius 3 is 2.55 bits per heavy atom. The first kappa shape index (κ1) is 23.0. The molecule has 0 bridgehead atoms. The second-order valence-corrected chi connectivity index (χ2v) is 8.68. The molecule has 166 valence electrons. The lowest BCUT2D eigenvalue weighted by molar-refractivity contribution is -0.129. The van der Waals surface area contributed by atoms with Crippen LogP contribution in [0.1, 0.15) is 27.0 Å². The van der Waals surface area contributed by atoms with Crippen LogP contribution in [-0.2, 0) is 9.53 Å². The van der Waals surface area contributed by atoms with E-state index in [1.165, 1.54) is 7.11 Å². The van der Waals surface area contributed by atoms with E-state index in [4.69, 9.17) is 25.8 Å². The van der Waals surface area contributed by atoms with Gasteiger partial charge >= 0.3 is 11.9 Å². The first-order valence-electron chi connectivity index (χ1n) is 9.79. The maximum atomic E-state index is 12.5. The molecule has 8 heteroatoms. The summed E-state index contributed by atoms with van der Waals surface area (Å²) < 4.78 is 17.0. The molecule has 0 amide bonds. The molecule has 3 aromatic carbocycles. The van der Waals surface area contributed by atoms with Crippen molar-refractivity contribution in [3.63, 3.8) is 0 Å². The molecule has 0 radical (unpaired) electrons. The van der Waals surface area contributed by atoms with Gasteiger partial charge in [0.1, 0.15) is 0 Å². The topological polar surface area (TPSA) is 74.2 Å². The molecule has 0 spiro atoms. The number of halogens is 2. The Morgan fingerprint density at radius 1 is 1.12 bits per heavy atom. The summed E-state index contributed by atoms with van der Waals surface area (Å²) in [6.45, 7) is 1.92. The summed E-state index contributed by atoms with van der Waals surface area (Å²) in [4.78, 5) is 29.3. The summed E-state index contributed by atoms with van der Waals surface area (Å²) in [7, 11) is 1.47. The molecule has 33 heavy (non-hydrogen) atoms. The number of cyclic esters (lactones) is 1. The number of aliphatic imine (C=N–C) groups is 1. The highest BCUT2D eigenvalue weighted by atomic mass is 127. The van der Waals surface area contributed by atoms with Crippen molar-refractivity contribution >= 4 is 58.1 Å². The van der Waals surface area contributed by atoms with Crippen molar-refractivity contribution in [3.05, 3.63) is 97.2 Å². The molecule has 0 N–H and O–H groups in total. The zero-order valence-corrected chi connectivity index (χ0v) is 20.5. The quantitative estimate of drug-likeness (QED) is 0.166. The Hall–Kier alpha value is -3.17. The van der Waals surface area contributed by atoms with E-state index in [2.05, 4.69) is 4.99 Å². The van der Waals surface area contributed by atoms with Crippen LogP contribution >= 0.6 is 34.2 Å². The highest BCUT2D eigenvalue weighted by Gasteiger charge is 2.25. The van der Waals surface area contributed by atoms with Crippen LogP contribution in [0, 0.1) is 10.5 Å². The van der Waals surface area contributed by atoms with E-state index in [9.17, 15) is 9.59 Å². The standard InChI is InChI=1S/C25H17ClINO5/c1-14-5-3-4-6-18(14)23-28-20(25(30)33-23)12-15-11-19(27)22(21(13-15)31-2)32-24(29)16-7-9-17(26)10-8-16/h3-13H,1-2H3/b20-12-. The van der Waals surface area contributed by atoms with Gasteiger partial charge in [0.05, 0.1) is 16.2 Å². The average Bonchev–Trinajstić information content (AvgIpc) is 3.15. The highest BCUT2D eigenvalue weighted by Crippen LogP contribution is 2.35. The smallest absolute Gasteiger partial charge is 0.363 e. The molecule has 1 heterocycles. The van der Waals surface area contributed by atoms with Gasteiger partial charge in [-0.25, -0.2) is 14.6 Å². The molecule has 1 aliphatic rings. The average molecular weight is 574 g/mol. The predicted octanol–water partition coefficient (Wildman–Crippen LogP) is 5.83. The van der Waals surface area contributed by atoms with Gasteiger partial charge in [-0.1, -0.05) is 29.8 Å². The van der Waals surface area contributed by atoms with Crippen LogP contribution in [0.3, 0.4) is 0 Å². The molecule has 0 unspecified atom stereocenters. The number of hydrogen-bond acceptors (Lipinski definition) is 6. The van der Waals surface area contributed by atoms with Crippen LogP contribution in [-0.4, -0.2) is 24.9 Å². The Balaban J connectivity index is 1.63. The number of benzene rings is 3. The van der Waals surface area contributed by atoms with E-state index in [1.807, 2.05) is 53.8 Å². The summed E-state index contributed by atoms with van der Waals surface area (Å²) in [6, 6.07) is 17.3. The van der Waals surface area contributed by atoms with E-state index in [1.54, 1.807) is 42.5 Å². The molecule has 0 atom stereocenters. The molecular weight excluding hydrogens is 557 g/mol. The van der Waals surface area contributed by atoms with Gasteiger partial charge in [0.25, 0.3) is 0 Å². The van der Waals surface area contributed by atoms with Crippen LogP contribution in [0.25, 0.3) is 6.08 Å². The van der Waals surface area contributed by atoms with Gasteiger partial charge in [0.15, 0.2) is 17.2 Å². The SMILES string of the molecule is COc1cc(/C=C2\N=C(c3ccccc3C)OC2=O)cc(I)c1OC(=O)c1ccc(Cl)cc1. The Kier molecular flexibility index (Phi) is 6.80. The zero-order valence-electron chi connectivity index (χ0n) is 17.6. The maximum Gasteiger partial charge on any atom is 0.363 e. The third kappa shape index (κ3) is 5.09. The van der Waals surface area contributed by atoms with Crippen molar-refractivity contribution in [1.82, 2.24) is 0 Å². The highest BCUT2D eigenvalue weighted by molar-refractivity contribution is 14.1. The first-order chi connectivity index (χ1) is 15.9. The molecule has 0 fully saturated rings. The van der Waals surface area contributed by atoms with Gasteiger partial charge in [0.2, 0.25) is 5.90 Å². The normalized spacial score (nSPS) is 14.1. The Labute approximate surface area is 209 Å². The van der Waals surface area contributed by atoms with Crippen LogP contribution in [0.2, 0.25) is 5.02 Å². The van der Waals surface area contributed by atoms with Crippen molar-refractivity contribution in [1.29, 1.82) is 0 Å². The number of ether oxygens (including phenoxy) is 3. The van der Waals surface area contributed by atoms with Gasteiger partial charge in [-0.05, 0) is 89.2 Å². The van der Waals surface area contributed by atoms with E-state index in [-0.39, 0.29) is 17.3 Å². The Morgan fingerprint density at radius 2 is 1.85 bits per heavy atom.